The number of carbonyl (C=O) groups is 1. The predicted molar refractivity (Wildman–Crippen MR) is 84.5 cm³/mol. The van der Waals surface area contributed by atoms with Gasteiger partial charge < -0.3 is 19.7 Å². The summed E-state index contributed by atoms with van der Waals surface area (Å²) in [5, 5.41) is 12.8. The van der Waals surface area contributed by atoms with Gasteiger partial charge in [0.15, 0.2) is 0 Å². The fourth-order valence-electron chi connectivity index (χ4n) is 3.00. The number of urea groups is 1. The Balaban J connectivity index is 1.82. The quantitative estimate of drug-likeness (QED) is 0.839. The van der Waals surface area contributed by atoms with Gasteiger partial charge in [0, 0.05) is 26.1 Å². The largest absolute Gasteiger partial charge is 0.468 e. The van der Waals surface area contributed by atoms with Gasteiger partial charge in [-0.15, -0.1) is 0 Å². The summed E-state index contributed by atoms with van der Waals surface area (Å²) in [6, 6.07) is 3.65. The molecule has 0 bridgehead atoms. The monoisotopic (exact) mass is 309 g/mol. The Morgan fingerprint density at radius 2 is 2.23 bits per heavy atom. The normalized spacial score (nSPS) is 22.8. The van der Waals surface area contributed by atoms with Gasteiger partial charge in [0.2, 0.25) is 0 Å². The Bertz CT molecular complexity index is 461. The molecule has 2 N–H and O–H groups in total. The van der Waals surface area contributed by atoms with Crippen LogP contribution in [-0.4, -0.2) is 61.3 Å². The van der Waals surface area contributed by atoms with E-state index >= 15 is 0 Å². The summed E-state index contributed by atoms with van der Waals surface area (Å²) < 4.78 is 5.43. The molecule has 0 aromatic carbocycles. The Labute approximate surface area is 132 Å². The SMILES string of the molecule is CN(CC1CCCC1O)C(=O)NCC(c1ccco1)N(C)C. The number of carbonyl (C=O) groups excluding carboxylic acids is 1. The van der Waals surface area contributed by atoms with Crippen molar-refractivity contribution in [3.05, 3.63) is 24.2 Å². The first-order chi connectivity index (χ1) is 10.5. The molecular formula is C16H27N3O3. The van der Waals surface area contributed by atoms with E-state index in [4.69, 9.17) is 4.42 Å². The highest BCUT2D eigenvalue weighted by Crippen LogP contribution is 2.26. The Kier molecular flexibility index (Phi) is 5.85. The second-order valence-corrected chi connectivity index (χ2v) is 6.32. The van der Waals surface area contributed by atoms with Gasteiger partial charge in [-0.25, -0.2) is 4.79 Å². The van der Waals surface area contributed by atoms with Crippen LogP contribution in [0.4, 0.5) is 4.79 Å². The maximum atomic E-state index is 12.2. The molecular weight excluding hydrogens is 282 g/mol. The molecule has 0 spiro atoms. The summed E-state index contributed by atoms with van der Waals surface area (Å²) in [6.07, 6.45) is 4.25. The standard InChI is InChI=1S/C16H27N3O3/c1-18(2)13(15-8-5-9-22-15)10-17-16(21)19(3)11-12-6-4-7-14(12)20/h5,8-9,12-14,20H,4,6-7,10-11H2,1-3H3,(H,17,21). The molecule has 2 amide bonds. The fourth-order valence-corrected chi connectivity index (χ4v) is 3.00. The van der Waals surface area contributed by atoms with E-state index in [1.807, 2.05) is 31.1 Å². The van der Waals surface area contributed by atoms with E-state index in [-0.39, 0.29) is 24.1 Å². The second kappa shape index (κ2) is 7.65. The number of nitrogens with one attached hydrogen (secondary N) is 1. The summed E-state index contributed by atoms with van der Waals surface area (Å²) >= 11 is 0. The van der Waals surface area contributed by atoms with Crippen molar-refractivity contribution in [1.29, 1.82) is 0 Å². The lowest BCUT2D eigenvalue weighted by atomic mass is 10.1. The molecule has 0 aliphatic heterocycles. The van der Waals surface area contributed by atoms with Crippen molar-refractivity contribution >= 4 is 6.03 Å². The number of hydrogen-bond acceptors (Lipinski definition) is 4. The predicted octanol–water partition coefficient (Wildman–Crippen LogP) is 1.68. The van der Waals surface area contributed by atoms with Crippen molar-refractivity contribution in [2.24, 2.45) is 5.92 Å². The number of hydrogen-bond donors (Lipinski definition) is 2. The molecule has 1 fully saturated rings. The van der Waals surface area contributed by atoms with Crippen LogP contribution < -0.4 is 5.32 Å². The molecule has 3 unspecified atom stereocenters. The number of furan rings is 1. The van der Waals surface area contributed by atoms with E-state index in [1.165, 1.54) is 0 Å². The van der Waals surface area contributed by atoms with Crippen LogP contribution >= 0.6 is 0 Å². The minimum atomic E-state index is -0.270. The van der Waals surface area contributed by atoms with Crippen molar-refractivity contribution < 1.29 is 14.3 Å². The molecule has 3 atom stereocenters. The van der Waals surface area contributed by atoms with E-state index < -0.39 is 0 Å². The van der Waals surface area contributed by atoms with Crippen LogP contribution in [0, 0.1) is 5.92 Å². The third kappa shape index (κ3) is 4.24. The molecule has 1 aliphatic rings. The zero-order valence-electron chi connectivity index (χ0n) is 13.7. The van der Waals surface area contributed by atoms with E-state index in [2.05, 4.69) is 5.32 Å². The van der Waals surface area contributed by atoms with Crippen LogP contribution in [0.2, 0.25) is 0 Å². The average molecular weight is 309 g/mol. The molecule has 1 aromatic heterocycles. The van der Waals surface area contributed by atoms with E-state index in [1.54, 1.807) is 18.2 Å². The van der Waals surface area contributed by atoms with Gasteiger partial charge in [0.1, 0.15) is 5.76 Å². The minimum absolute atomic E-state index is 0.00409. The van der Waals surface area contributed by atoms with Gasteiger partial charge in [0.05, 0.1) is 18.4 Å². The molecule has 1 heterocycles. The average Bonchev–Trinajstić information content (AvgIpc) is 3.11. The molecule has 0 radical (unpaired) electrons. The van der Waals surface area contributed by atoms with Crippen molar-refractivity contribution in [1.82, 2.24) is 15.1 Å². The zero-order valence-corrected chi connectivity index (χ0v) is 13.7. The number of aliphatic hydroxyl groups is 1. The second-order valence-electron chi connectivity index (χ2n) is 6.32. The van der Waals surface area contributed by atoms with Gasteiger partial charge in [-0.05, 0) is 39.1 Å². The van der Waals surface area contributed by atoms with E-state index in [9.17, 15) is 9.90 Å². The first-order valence-electron chi connectivity index (χ1n) is 7.86. The molecule has 124 valence electrons. The molecule has 2 rings (SSSR count). The lowest BCUT2D eigenvalue weighted by Gasteiger charge is -2.26. The van der Waals surface area contributed by atoms with Crippen LogP contribution in [0.1, 0.15) is 31.1 Å². The zero-order chi connectivity index (χ0) is 16.1. The lowest BCUT2D eigenvalue weighted by Crippen LogP contribution is -2.43. The summed E-state index contributed by atoms with van der Waals surface area (Å²) in [7, 11) is 5.69. The fraction of sp³-hybridized carbons (Fsp3) is 0.688. The first kappa shape index (κ1) is 16.8. The van der Waals surface area contributed by atoms with Crippen LogP contribution in [0.5, 0.6) is 0 Å². The van der Waals surface area contributed by atoms with Crippen molar-refractivity contribution in [3.8, 4) is 0 Å². The summed E-state index contributed by atoms with van der Waals surface area (Å²) in [5.41, 5.74) is 0. The van der Waals surface area contributed by atoms with Crippen molar-refractivity contribution in [3.63, 3.8) is 0 Å². The molecule has 0 saturated heterocycles. The smallest absolute Gasteiger partial charge is 0.317 e. The van der Waals surface area contributed by atoms with Crippen LogP contribution in [0.15, 0.2) is 22.8 Å². The summed E-state index contributed by atoms with van der Waals surface area (Å²) in [5.74, 6) is 1.03. The Hall–Kier alpha value is -1.53. The third-order valence-electron chi connectivity index (χ3n) is 4.42. The number of nitrogens with zero attached hydrogens (tertiary/aromatic N) is 2. The highest BCUT2D eigenvalue weighted by Gasteiger charge is 2.27. The molecule has 1 aromatic rings. The van der Waals surface area contributed by atoms with Gasteiger partial charge >= 0.3 is 6.03 Å². The Morgan fingerprint density at radius 1 is 1.45 bits per heavy atom. The molecule has 1 saturated carbocycles. The third-order valence-corrected chi connectivity index (χ3v) is 4.42. The lowest BCUT2D eigenvalue weighted by molar-refractivity contribution is 0.113. The number of likely N-dealkylation sites (N-methyl/N-ethyl adjacent to an activating group) is 1. The van der Waals surface area contributed by atoms with E-state index in [0.717, 1.165) is 25.0 Å². The van der Waals surface area contributed by atoms with Gasteiger partial charge in [-0.3, -0.25) is 4.90 Å². The van der Waals surface area contributed by atoms with Crippen LogP contribution in [0.25, 0.3) is 0 Å². The summed E-state index contributed by atoms with van der Waals surface area (Å²) in [4.78, 5) is 15.9. The maximum absolute atomic E-state index is 12.2. The van der Waals surface area contributed by atoms with Crippen molar-refractivity contribution in [2.45, 2.75) is 31.4 Å². The van der Waals surface area contributed by atoms with Gasteiger partial charge in [-0.1, -0.05) is 6.42 Å². The van der Waals surface area contributed by atoms with Crippen molar-refractivity contribution in [2.75, 3.05) is 34.2 Å². The number of amides is 2. The molecule has 6 heteroatoms. The first-order valence-corrected chi connectivity index (χ1v) is 7.86. The van der Waals surface area contributed by atoms with Gasteiger partial charge in [0.25, 0.3) is 0 Å². The minimum Gasteiger partial charge on any atom is -0.468 e. The number of aliphatic hydroxyl groups excluding tert-OH is 1. The van der Waals surface area contributed by atoms with Crippen LogP contribution in [0.3, 0.4) is 0 Å². The Morgan fingerprint density at radius 3 is 2.77 bits per heavy atom. The molecule has 6 nitrogen and oxygen atoms in total. The van der Waals surface area contributed by atoms with Crippen LogP contribution in [-0.2, 0) is 0 Å². The highest BCUT2D eigenvalue weighted by molar-refractivity contribution is 5.73. The molecule has 22 heavy (non-hydrogen) atoms. The van der Waals surface area contributed by atoms with Gasteiger partial charge in [-0.2, -0.15) is 0 Å². The van der Waals surface area contributed by atoms with E-state index in [0.29, 0.717) is 13.1 Å². The highest BCUT2D eigenvalue weighted by atomic mass is 16.3. The topological polar surface area (TPSA) is 69.0 Å². The maximum Gasteiger partial charge on any atom is 0.317 e. The summed E-state index contributed by atoms with van der Waals surface area (Å²) in [6.45, 7) is 1.08. The molecule has 1 aliphatic carbocycles. The number of rotatable bonds is 6.